The van der Waals surface area contributed by atoms with E-state index in [0.29, 0.717) is 0 Å². The number of unbranched alkanes of at least 4 members (excludes halogenated alkanes) is 1. The van der Waals surface area contributed by atoms with Crippen LogP contribution in [0.3, 0.4) is 0 Å². The van der Waals surface area contributed by atoms with Crippen molar-refractivity contribution in [2.24, 2.45) is 0 Å². The van der Waals surface area contributed by atoms with Crippen LogP contribution >= 0.6 is 0 Å². The van der Waals surface area contributed by atoms with Gasteiger partial charge in [0.2, 0.25) is 0 Å². The third kappa shape index (κ3) is 3.05. The van der Waals surface area contributed by atoms with E-state index < -0.39 is 0 Å². The summed E-state index contributed by atoms with van der Waals surface area (Å²) in [7, 11) is 0. The van der Waals surface area contributed by atoms with Crippen molar-refractivity contribution < 1.29 is 0 Å². The second kappa shape index (κ2) is 5.17. The van der Waals surface area contributed by atoms with Gasteiger partial charge in [-0.1, -0.05) is 0 Å². The van der Waals surface area contributed by atoms with Gasteiger partial charge in [0, 0.05) is 0 Å². The van der Waals surface area contributed by atoms with Gasteiger partial charge in [-0.15, -0.1) is 0 Å². The molecule has 2 heteroatoms. The minimum absolute atomic E-state index is 0.989. The molecule has 0 amide bonds. The predicted molar refractivity (Wildman–Crippen MR) is 46.7 cm³/mol. The molecule has 0 unspecified atom stereocenters. The molecule has 1 heterocycles. The van der Waals surface area contributed by atoms with Crippen LogP contribution in [0, 0.1) is 0 Å². The first kappa shape index (κ1) is 8.57. The maximum atomic E-state index is 2.62. The van der Waals surface area contributed by atoms with E-state index >= 15 is 0 Å². The van der Waals surface area contributed by atoms with Crippen LogP contribution < -0.4 is 0 Å². The summed E-state index contributed by atoms with van der Waals surface area (Å²) >= 11 is 0.989. The van der Waals surface area contributed by atoms with Gasteiger partial charge in [-0.2, -0.15) is 0 Å². The maximum absolute atomic E-state index is 2.62. The van der Waals surface area contributed by atoms with Crippen molar-refractivity contribution in [1.82, 2.24) is 4.90 Å². The Balaban J connectivity index is 2.02. The van der Waals surface area contributed by atoms with Gasteiger partial charge < -0.3 is 0 Å². The fraction of sp³-hybridized carbons (Fsp3) is 1.00. The average molecular weight is 206 g/mol. The van der Waals surface area contributed by atoms with Crippen molar-refractivity contribution in [2.45, 2.75) is 30.4 Å². The molecule has 0 aromatic rings. The van der Waals surface area contributed by atoms with Gasteiger partial charge in [-0.05, 0) is 0 Å². The van der Waals surface area contributed by atoms with Crippen LogP contribution in [-0.4, -0.2) is 39.5 Å². The van der Waals surface area contributed by atoms with Crippen molar-refractivity contribution >= 4 is 15.0 Å². The zero-order valence-electron chi connectivity index (χ0n) is 6.81. The van der Waals surface area contributed by atoms with Crippen LogP contribution in [0.15, 0.2) is 0 Å². The van der Waals surface area contributed by atoms with Gasteiger partial charge in [0.1, 0.15) is 0 Å². The number of nitrogens with zero attached hydrogens (tertiary/aromatic N) is 1. The Morgan fingerprint density at radius 2 is 2.00 bits per heavy atom. The first-order chi connectivity index (χ1) is 4.93. The fourth-order valence-electron chi connectivity index (χ4n) is 1.21. The molecule has 0 bridgehead atoms. The minimum atomic E-state index is 0.989. The third-order valence-electron chi connectivity index (χ3n) is 1.93. The van der Waals surface area contributed by atoms with Gasteiger partial charge in [0.15, 0.2) is 0 Å². The van der Waals surface area contributed by atoms with Crippen LogP contribution in [0.25, 0.3) is 0 Å². The molecule has 0 spiro atoms. The summed E-state index contributed by atoms with van der Waals surface area (Å²) in [5, 5.41) is 2.99. The Bertz CT molecular complexity index is 79.3. The first-order valence-corrected chi connectivity index (χ1v) is 6.66. The Labute approximate surface area is 70.3 Å². The second-order valence-corrected chi connectivity index (χ2v) is 5.38. The summed E-state index contributed by atoms with van der Waals surface area (Å²) in [4.78, 5) is 2.62. The summed E-state index contributed by atoms with van der Waals surface area (Å²) in [6.07, 6.45) is 2.74. The Morgan fingerprint density at radius 3 is 2.60 bits per heavy atom. The van der Waals surface area contributed by atoms with E-state index in [1.54, 1.807) is 0 Å². The van der Waals surface area contributed by atoms with E-state index in [1.165, 1.54) is 43.1 Å². The molecular formula is C8H17NSe. The van der Waals surface area contributed by atoms with E-state index in [2.05, 4.69) is 11.8 Å². The molecule has 1 fully saturated rings. The van der Waals surface area contributed by atoms with Gasteiger partial charge in [-0.3, -0.25) is 0 Å². The Hall–Kier alpha value is 0.479. The Kier molecular flexibility index (Phi) is 4.44. The molecule has 1 nitrogen and oxygen atoms in total. The van der Waals surface area contributed by atoms with Crippen LogP contribution in [0.5, 0.6) is 0 Å². The number of rotatable bonds is 3. The molecule has 0 aliphatic carbocycles. The van der Waals surface area contributed by atoms with E-state index in [4.69, 9.17) is 0 Å². The molecule has 0 N–H and O–H groups in total. The zero-order valence-corrected chi connectivity index (χ0v) is 8.52. The van der Waals surface area contributed by atoms with E-state index in [1.807, 2.05) is 0 Å². The molecular weight excluding hydrogens is 189 g/mol. The number of hydrogen-bond donors (Lipinski definition) is 0. The Morgan fingerprint density at radius 1 is 1.30 bits per heavy atom. The summed E-state index contributed by atoms with van der Waals surface area (Å²) in [6.45, 7) is 6.40. The molecule has 0 saturated carbocycles. The average Bonchev–Trinajstić information content (AvgIpc) is 2.03. The first-order valence-electron chi connectivity index (χ1n) is 4.23. The standard InChI is InChI=1S/C8H17NSe/c1-2-3-4-9-5-7-10-8-6-9/h2-8H2,1H3. The summed E-state index contributed by atoms with van der Waals surface area (Å²) in [5.41, 5.74) is 0. The van der Waals surface area contributed by atoms with Crippen molar-refractivity contribution in [3.8, 4) is 0 Å². The quantitative estimate of drug-likeness (QED) is 0.634. The van der Waals surface area contributed by atoms with Crippen molar-refractivity contribution in [2.75, 3.05) is 19.6 Å². The van der Waals surface area contributed by atoms with Gasteiger partial charge >= 0.3 is 69.9 Å². The molecule has 0 aromatic heterocycles. The molecule has 0 aromatic carbocycles. The molecule has 0 radical (unpaired) electrons. The van der Waals surface area contributed by atoms with Crippen LogP contribution in [0.1, 0.15) is 19.8 Å². The predicted octanol–water partition coefficient (Wildman–Crippen LogP) is 1.64. The normalized spacial score (nSPS) is 21.3. The third-order valence-corrected chi connectivity index (χ3v) is 3.91. The molecule has 1 aliphatic rings. The molecule has 1 saturated heterocycles. The van der Waals surface area contributed by atoms with Crippen molar-refractivity contribution in [1.29, 1.82) is 0 Å². The monoisotopic (exact) mass is 207 g/mol. The zero-order chi connectivity index (χ0) is 7.23. The van der Waals surface area contributed by atoms with Gasteiger partial charge in [-0.25, -0.2) is 0 Å². The van der Waals surface area contributed by atoms with Gasteiger partial charge in [0.25, 0.3) is 0 Å². The molecule has 1 rings (SSSR count). The van der Waals surface area contributed by atoms with Gasteiger partial charge in [0.05, 0.1) is 0 Å². The topological polar surface area (TPSA) is 3.24 Å². The van der Waals surface area contributed by atoms with Crippen LogP contribution in [0.4, 0.5) is 0 Å². The summed E-state index contributed by atoms with van der Waals surface area (Å²) in [5.74, 6) is 0. The molecule has 1 aliphatic heterocycles. The van der Waals surface area contributed by atoms with E-state index in [9.17, 15) is 0 Å². The van der Waals surface area contributed by atoms with Crippen LogP contribution in [0.2, 0.25) is 10.6 Å². The fourth-order valence-corrected chi connectivity index (χ4v) is 3.26. The molecule has 10 heavy (non-hydrogen) atoms. The van der Waals surface area contributed by atoms with Crippen LogP contribution in [-0.2, 0) is 0 Å². The molecule has 60 valence electrons. The summed E-state index contributed by atoms with van der Waals surface area (Å²) in [6, 6.07) is 0. The second-order valence-electron chi connectivity index (χ2n) is 2.81. The SMILES string of the molecule is CCCCN1CC[Se]CC1. The van der Waals surface area contributed by atoms with Crippen molar-refractivity contribution in [3.63, 3.8) is 0 Å². The van der Waals surface area contributed by atoms with E-state index in [0.717, 1.165) is 15.0 Å². The van der Waals surface area contributed by atoms with Crippen molar-refractivity contribution in [3.05, 3.63) is 0 Å². The number of hydrogen-bond acceptors (Lipinski definition) is 1. The molecule has 0 atom stereocenters. The summed E-state index contributed by atoms with van der Waals surface area (Å²) < 4.78 is 0. The van der Waals surface area contributed by atoms with E-state index in [-0.39, 0.29) is 0 Å².